The first-order chi connectivity index (χ1) is 18.3. The monoisotopic (exact) mass is 549 g/mol. The molecule has 5 rings (SSSR count). The molecule has 1 fully saturated rings. The summed E-state index contributed by atoms with van der Waals surface area (Å²) in [4.78, 5) is 40.1. The van der Waals surface area contributed by atoms with Gasteiger partial charge in [-0.3, -0.25) is 4.79 Å². The molecule has 1 saturated heterocycles. The zero-order valence-electron chi connectivity index (χ0n) is 20.8. The van der Waals surface area contributed by atoms with Crippen LogP contribution in [-0.4, -0.2) is 42.0 Å². The van der Waals surface area contributed by atoms with Crippen LogP contribution in [0, 0.1) is 0 Å². The van der Waals surface area contributed by atoms with Crippen molar-refractivity contribution in [1.29, 1.82) is 0 Å². The lowest BCUT2D eigenvalue weighted by Gasteiger charge is -2.29. The van der Waals surface area contributed by atoms with Crippen molar-refractivity contribution in [2.24, 2.45) is 0 Å². The van der Waals surface area contributed by atoms with Crippen LogP contribution in [0.15, 0.2) is 66.7 Å². The number of likely N-dealkylation sites (tertiary alicyclic amines) is 1. The van der Waals surface area contributed by atoms with Crippen LogP contribution in [0.3, 0.4) is 0 Å². The predicted octanol–water partition coefficient (Wildman–Crippen LogP) is 4.30. The summed E-state index contributed by atoms with van der Waals surface area (Å²) in [6.07, 6.45) is 4.80. The van der Waals surface area contributed by atoms with Crippen LogP contribution in [0.25, 0.3) is 20.5 Å². The Bertz CT molecular complexity index is 1470. The lowest BCUT2D eigenvalue weighted by molar-refractivity contribution is -0.307. The van der Waals surface area contributed by atoms with E-state index in [0.717, 1.165) is 26.1 Å². The zero-order valence-corrected chi connectivity index (χ0v) is 22.5. The standard InChI is InChI=1S/C29H30NO6PS/c31-22-9-5-21(6-10-22)29-27(25-14-13-24(37(33,34)35)19-26(25)38-29)28(32)20-7-11-23(12-8-20)36-18-4-17-30-15-2-1-3-16-30/h5-14,19,31H,1-4,15-18H2,(H2,33,34,35)/p-2. The van der Waals surface area contributed by atoms with Crippen molar-refractivity contribution in [1.82, 2.24) is 4.90 Å². The molecular weight excluding hydrogens is 521 g/mol. The fourth-order valence-electron chi connectivity index (χ4n) is 4.81. The van der Waals surface area contributed by atoms with Gasteiger partial charge >= 0.3 is 0 Å². The minimum atomic E-state index is -4.94. The van der Waals surface area contributed by atoms with Gasteiger partial charge in [0.15, 0.2) is 5.78 Å². The quantitative estimate of drug-likeness (QED) is 0.188. The van der Waals surface area contributed by atoms with E-state index in [2.05, 4.69) is 4.90 Å². The summed E-state index contributed by atoms with van der Waals surface area (Å²) in [6, 6.07) is 17.6. The first-order valence-corrected chi connectivity index (χ1v) is 15.0. The van der Waals surface area contributed by atoms with E-state index in [0.29, 0.717) is 44.0 Å². The molecule has 38 heavy (non-hydrogen) atoms. The number of phenolic OH excluding ortho intramolecular Hbond substituents is 1. The topological polar surface area (TPSA) is 113 Å². The average molecular weight is 550 g/mol. The second kappa shape index (κ2) is 11.4. The van der Waals surface area contributed by atoms with Crippen molar-refractivity contribution in [3.05, 3.63) is 77.9 Å². The average Bonchev–Trinajstić information content (AvgIpc) is 3.30. The van der Waals surface area contributed by atoms with Gasteiger partial charge in [-0.25, -0.2) is 0 Å². The highest BCUT2D eigenvalue weighted by Gasteiger charge is 2.22. The summed E-state index contributed by atoms with van der Waals surface area (Å²) in [5.41, 5.74) is 1.59. The third-order valence-electron chi connectivity index (χ3n) is 6.80. The molecule has 9 heteroatoms. The van der Waals surface area contributed by atoms with E-state index in [1.165, 1.54) is 60.9 Å². The number of ketones is 1. The Hall–Kier alpha value is -3.00. The van der Waals surface area contributed by atoms with Gasteiger partial charge in [-0.1, -0.05) is 18.6 Å². The second-order valence-corrected chi connectivity index (χ2v) is 12.1. The van der Waals surface area contributed by atoms with Gasteiger partial charge < -0.3 is 29.1 Å². The largest absolute Gasteiger partial charge is 0.807 e. The summed E-state index contributed by atoms with van der Waals surface area (Å²) in [5, 5.41) is 9.97. The molecule has 0 bridgehead atoms. The molecule has 0 unspecified atom stereocenters. The van der Waals surface area contributed by atoms with Crippen molar-refractivity contribution in [3.63, 3.8) is 0 Å². The van der Waals surface area contributed by atoms with Gasteiger partial charge in [0, 0.05) is 32.6 Å². The summed E-state index contributed by atoms with van der Waals surface area (Å²) in [5.74, 6) is 0.562. The van der Waals surface area contributed by atoms with Crippen molar-refractivity contribution in [3.8, 4) is 21.9 Å². The first kappa shape index (κ1) is 26.6. The predicted molar refractivity (Wildman–Crippen MR) is 146 cm³/mol. The van der Waals surface area contributed by atoms with Gasteiger partial charge in [0.1, 0.15) is 11.5 Å². The number of carbonyl (C=O) groups excluding carboxylic acids is 1. The fraction of sp³-hybridized carbons (Fsp3) is 0.276. The number of piperidine rings is 1. The van der Waals surface area contributed by atoms with Gasteiger partial charge in [0.05, 0.1) is 6.61 Å². The minimum absolute atomic E-state index is 0.0928. The highest BCUT2D eigenvalue weighted by atomic mass is 32.1. The molecule has 2 heterocycles. The van der Waals surface area contributed by atoms with Crippen molar-refractivity contribution in [2.75, 3.05) is 26.2 Å². The third kappa shape index (κ3) is 6.01. The molecule has 4 aromatic rings. The Kier molecular flexibility index (Phi) is 7.98. The maximum Gasteiger partial charge on any atom is 0.195 e. The molecule has 1 N–H and O–H groups in total. The van der Waals surface area contributed by atoms with Crippen LogP contribution in [-0.2, 0) is 4.57 Å². The number of carbonyl (C=O) groups is 1. The molecule has 0 saturated carbocycles. The Morgan fingerprint density at radius 2 is 1.68 bits per heavy atom. The molecule has 1 aliphatic rings. The SMILES string of the molecule is O=C(c1ccc(OCCCN2CCCCC2)cc1)c1c(-c2ccc(O)cc2)sc2cc(P(=O)([O-])[O-])ccc12. The molecule has 198 valence electrons. The number of phenols is 1. The van der Waals surface area contributed by atoms with E-state index >= 15 is 0 Å². The van der Waals surface area contributed by atoms with Crippen LogP contribution < -0.4 is 19.8 Å². The molecule has 0 aliphatic carbocycles. The molecule has 0 amide bonds. The molecule has 0 spiro atoms. The lowest BCUT2D eigenvalue weighted by Crippen LogP contribution is -2.31. The van der Waals surface area contributed by atoms with E-state index < -0.39 is 7.60 Å². The molecular formula is C29H28NO6PS-2. The molecule has 0 atom stereocenters. The highest BCUT2D eigenvalue weighted by molar-refractivity contribution is 7.57. The van der Waals surface area contributed by atoms with Crippen LogP contribution in [0.2, 0.25) is 0 Å². The molecule has 0 radical (unpaired) electrons. The number of nitrogens with zero attached hydrogens (tertiary/aromatic N) is 1. The smallest absolute Gasteiger partial charge is 0.195 e. The number of ether oxygens (including phenoxy) is 1. The molecule has 7 nitrogen and oxygen atoms in total. The fourth-order valence-corrected chi connectivity index (χ4v) is 6.68. The lowest BCUT2D eigenvalue weighted by atomic mass is 9.97. The second-order valence-electron chi connectivity index (χ2n) is 9.49. The Morgan fingerprint density at radius 1 is 0.974 bits per heavy atom. The summed E-state index contributed by atoms with van der Waals surface area (Å²) >= 11 is 1.23. The van der Waals surface area contributed by atoms with Crippen LogP contribution in [0.4, 0.5) is 0 Å². The van der Waals surface area contributed by atoms with Gasteiger partial charge in [0.25, 0.3) is 0 Å². The Labute approximate surface area is 225 Å². The number of fused-ring (bicyclic) bond motifs is 1. The van der Waals surface area contributed by atoms with Crippen molar-refractivity contribution >= 4 is 40.1 Å². The van der Waals surface area contributed by atoms with Crippen LogP contribution >= 0.6 is 18.9 Å². The Balaban J connectivity index is 1.38. The summed E-state index contributed by atoms with van der Waals surface area (Å²) in [6.45, 7) is 3.95. The maximum absolute atomic E-state index is 13.7. The number of hydrogen-bond donors (Lipinski definition) is 1. The number of thiophene rings is 1. The van der Waals surface area contributed by atoms with Gasteiger partial charge in [-0.2, -0.15) is 0 Å². The van der Waals surface area contributed by atoms with Crippen molar-refractivity contribution in [2.45, 2.75) is 25.7 Å². The highest BCUT2D eigenvalue weighted by Crippen LogP contribution is 2.41. The third-order valence-corrected chi connectivity index (χ3v) is 8.91. The number of rotatable bonds is 9. The molecule has 1 aromatic heterocycles. The Morgan fingerprint density at radius 3 is 2.37 bits per heavy atom. The van der Waals surface area contributed by atoms with E-state index in [1.807, 2.05) is 0 Å². The van der Waals surface area contributed by atoms with Crippen LogP contribution in [0.1, 0.15) is 41.6 Å². The summed E-state index contributed by atoms with van der Waals surface area (Å²) in [7, 11) is -4.94. The zero-order chi connectivity index (χ0) is 26.7. The van der Waals surface area contributed by atoms with Crippen LogP contribution in [0.5, 0.6) is 11.5 Å². The summed E-state index contributed by atoms with van der Waals surface area (Å²) < 4.78 is 18.0. The molecule has 3 aromatic carbocycles. The van der Waals surface area contributed by atoms with Gasteiger partial charge in [-0.05, 0) is 105 Å². The van der Waals surface area contributed by atoms with Gasteiger partial charge in [-0.15, -0.1) is 11.3 Å². The maximum atomic E-state index is 13.7. The van der Waals surface area contributed by atoms with E-state index in [-0.39, 0.29) is 16.8 Å². The number of hydrogen-bond acceptors (Lipinski definition) is 8. The van der Waals surface area contributed by atoms with Crippen molar-refractivity contribution < 1.29 is 29.0 Å². The molecule has 1 aliphatic heterocycles. The normalized spacial score (nSPS) is 14.6. The van der Waals surface area contributed by atoms with E-state index in [1.54, 1.807) is 36.4 Å². The number of aromatic hydroxyl groups is 1. The van der Waals surface area contributed by atoms with E-state index in [4.69, 9.17) is 4.74 Å². The first-order valence-electron chi connectivity index (χ1n) is 12.7. The van der Waals surface area contributed by atoms with E-state index in [9.17, 15) is 24.3 Å². The number of benzene rings is 3. The van der Waals surface area contributed by atoms with Gasteiger partial charge in [0.2, 0.25) is 0 Å². The minimum Gasteiger partial charge on any atom is -0.807 e.